The number of nitrogens with zero attached hydrogens (tertiary/aromatic N) is 6. The van der Waals surface area contributed by atoms with Gasteiger partial charge in [0, 0.05) is 31.7 Å². The number of piperazine rings is 1. The Kier molecular flexibility index (Phi) is 3.84. The van der Waals surface area contributed by atoms with Crippen LogP contribution in [0.2, 0.25) is 0 Å². The van der Waals surface area contributed by atoms with Crippen LogP contribution in [0.1, 0.15) is 40.5 Å². The number of aromatic nitrogens is 4. The first-order valence-electron chi connectivity index (χ1n) is 9.53. The molecule has 8 heteroatoms. The highest BCUT2D eigenvalue weighted by Crippen LogP contribution is 2.30. The van der Waals surface area contributed by atoms with Gasteiger partial charge in [0.2, 0.25) is 0 Å². The molecule has 0 aromatic carbocycles. The molecule has 3 aromatic rings. The van der Waals surface area contributed by atoms with Crippen molar-refractivity contribution in [2.45, 2.75) is 32.6 Å². The van der Waals surface area contributed by atoms with Gasteiger partial charge in [-0.25, -0.2) is 4.98 Å². The Morgan fingerprint density at radius 3 is 2.70 bits per heavy atom. The summed E-state index contributed by atoms with van der Waals surface area (Å²) in [5.41, 5.74) is 2.45. The standard InChI is InChI=1S/C19H22N6O2/c1-13-20-19-21-15-6-3-2-5-14(15)17(25(19)22-13)23-8-10-24(11-9-23)18(26)16-7-4-12-27-16/h4,7,12H,2-3,5-6,8-11H2,1H3. The summed E-state index contributed by atoms with van der Waals surface area (Å²) < 4.78 is 7.15. The molecule has 4 heterocycles. The first-order chi connectivity index (χ1) is 13.2. The second-order valence-corrected chi connectivity index (χ2v) is 7.20. The monoisotopic (exact) mass is 366 g/mol. The van der Waals surface area contributed by atoms with Gasteiger partial charge in [-0.05, 0) is 44.7 Å². The summed E-state index contributed by atoms with van der Waals surface area (Å²) >= 11 is 0. The molecule has 1 aliphatic heterocycles. The summed E-state index contributed by atoms with van der Waals surface area (Å²) in [6.45, 7) is 4.74. The van der Waals surface area contributed by atoms with Crippen LogP contribution in [0.25, 0.3) is 5.78 Å². The van der Waals surface area contributed by atoms with Crippen LogP contribution in [0, 0.1) is 6.92 Å². The Morgan fingerprint density at radius 1 is 1.11 bits per heavy atom. The van der Waals surface area contributed by atoms with Crippen LogP contribution in [0.4, 0.5) is 5.82 Å². The fourth-order valence-electron chi connectivity index (χ4n) is 4.12. The molecule has 1 saturated heterocycles. The van der Waals surface area contributed by atoms with E-state index in [0.29, 0.717) is 24.6 Å². The van der Waals surface area contributed by atoms with Gasteiger partial charge in [-0.2, -0.15) is 9.50 Å². The quantitative estimate of drug-likeness (QED) is 0.689. The molecule has 0 atom stereocenters. The number of fused-ring (bicyclic) bond motifs is 2. The van der Waals surface area contributed by atoms with E-state index in [2.05, 4.69) is 15.0 Å². The third kappa shape index (κ3) is 2.75. The number of hydrogen-bond donors (Lipinski definition) is 0. The molecule has 2 aliphatic rings. The third-order valence-electron chi connectivity index (χ3n) is 5.44. The Balaban J connectivity index is 1.45. The lowest BCUT2D eigenvalue weighted by Gasteiger charge is -2.37. The van der Waals surface area contributed by atoms with Gasteiger partial charge in [-0.3, -0.25) is 4.79 Å². The van der Waals surface area contributed by atoms with Gasteiger partial charge in [0.1, 0.15) is 11.6 Å². The van der Waals surface area contributed by atoms with Crippen molar-refractivity contribution in [2.75, 3.05) is 31.1 Å². The maximum absolute atomic E-state index is 12.5. The van der Waals surface area contributed by atoms with Gasteiger partial charge >= 0.3 is 0 Å². The highest BCUT2D eigenvalue weighted by molar-refractivity contribution is 5.91. The molecule has 5 rings (SSSR count). The van der Waals surface area contributed by atoms with E-state index in [9.17, 15) is 4.79 Å². The zero-order valence-corrected chi connectivity index (χ0v) is 15.4. The van der Waals surface area contributed by atoms with Crippen molar-refractivity contribution < 1.29 is 9.21 Å². The highest BCUT2D eigenvalue weighted by Gasteiger charge is 2.29. The summed E-state index contributed by atoms with van der Waals surface area (Å²) in [7, 11) is 0. The molecular formula is C19H22N6O2. The smallest absolute Gasteiger partial charge is 0.289 e. The van der Waals surface area contributed by atoms with Crippen LogP contribution in [-0.2, 0) is 12.8 Å². The van der Waals surface area contributed by atoms with Crippen LogP contribution in [0.5, 0.6) is 0 Å². The van der Waals surface area contributed by atoms with Crippen molar-refractivity contribution in [3.05, 3.63) is 41.2 Å². The van der Waals surface area contributed by atoms with Crippen molar-refractivity contribution >= 4 is 17.5 Å². The van der Waals surface area contributed by atoms with Gasteiger partial charge in [-0.1, -0.05) is 0 Å². The molecule has 0 bridgehead atoms. The van der Waals surface area contributed by atoms with Gasteiger partial charge < -0.3 is 14.2 Å². The van der Waals surface area contributed by atoms with Crippen LogP contribution in [0.3, 0.4) is 0 Å². The maximum atomic E-state index is 12.5. The second kappa shape index (κ2) is 6.37. The van der Waals surface area contributed by atoms with E-state index in [1.807, 2.05) is 16.3 Å². The minimum atomic E-state index is -0.0434. The number of furan rings is 1. The van der Waals surface area contributed by atoms with Crippen molar-refractivity contribution in [1.29, 1.82) is 0 Å². The van der Waals surface area contributed by atoms with E-state index in [0.717, 1.165) is 43.3 Å². The Bertz CT molecular complexity index is 985. The summed E-state index contributed by atoms with van der Waals surface area (Å²) in [5.74, 6) is 2.88. The number of carbonyl (C=O) groups is 1. The summed E-state index contributed by atoms with van der Waals surface area (Å²) in [5, 5.41) is 4.60. The van der Waals surface area contributed by atoms with E-state index in [-0.39, 0.29) is 5.91 Å². The molecule has 1 fully saturated rings. The van der Waals surface area contributed by atoms with Gasteiger partial charge in [0.05, 0.1) is 12.0 Å². The number of hydrogen-bond acceptors (Lipinski definition) is 6. The van der Waals surface area contributed by atoms with Crippen LogP contribution < -0.4 is 4.90 Å². The molecular weight excluding hydrogens is 344 g/mol. The van der Waals surface area contributed by atoms with Crippen molar-refractivity contribution in [1.82, 2.24) is 24.5 Å². The van der Waals surface area contributed by atoms with E-state index in [4.69, 9.17) is 9.40 Å². The fraction of sp³-hybridized carbons (Fsp3) is 0.474. The third-order valence-corrected chi connectivity index (χ3v) is 5.44. The molecule has 0 spiro atoms. The first kappa shape index (κ1) is 16.3. The summed E-state index contributed by atoms with van der Waals surface area (Å²) in [6, 6.07) is 3.46. The average molecular weight is 366 g/mol. The SMILES string of the molecule is Cc1nc2nc3c(c(N4CCN(C(=O)c5ccco5)CC4)n2n1)CCCC3. The Labute approximate surface area is 156 Å². The predicted octanol–water partition coefficient (Wildman–Crippen LogP) is 1.87. The highest BCUT2D eigenvalue weighted by atomic mass is 16.3. The van der Waals surface area contributed by atoms with Gasteiger partial charge in [0.15, 0.2) is 5.76 Å². The number of amides is 1. The number of anilines is 1. The Hall–Kier alpha value is -2.90. The number of rotatable bonds is 2. The van der Waals surface area contributed by atoms with Crippen molar-refractivity contribution in [3.8, 4) is 0 Å². The first-order valence-corrected chi connectivity index (χ1v) is 9.53. The molecule has 1 amide bonds. The number of aryl methyl sites for hydroxylation is 2. The van der Waals surface area contributed by atoms with E-state index < -0.39 is 0 Å². The normalized spacial score (nSPS) is 17.4. The zero-order valence-electron chi connectivity index (χ0n) is 15.4. The topological polar surface area (TPSA) is 79.8 Å². The van der Waals surface area contributed by atoms with Crippen LogP contribution in [0.15, 0.2) is 22.8 Å². The van der Waals surface area contributed by atoms with Crippen LogP contribution >= 0.6 is 0 Å². The lowest BCUT2D eigenvalue weighted by molar-refractivity contribution is 0.0714. The zero-order chi connectivity index (χ0) is 18.4. The largest absolute Gasteiger partial charge is 0.459 e. The Morgan fingerprint density at radius 2 is 1.93 bits per heavy atom. The molecule has 140 valence electrons. The maximum Gasteiger partial charge on any atom is 0.289 e. The lowest BCUT2D eigenvalue weighted by Crippen LogP contribution is -2.49. The van der Waals surface area contributed by atoms with E-state index in [1.165, 1.54) is 24.7 Å². The number of carbonyl (C=O) groups excluding carboxylic acids is 1. The molecule has 1 aliphatic carbocycles. The van der Waals surface area contributed by atoms with Gasteiger partial charge in [0.25, 0.3) is 11.7 Å². The van der Waals surface area contributed by atoms with Crippen molar-refractivity contribution in [3.63, 3.8) is 0 Å². The average Bonchev–Trinajstić information content (AvgIpc) is 3.34. The molecule has 8 nitrogen and oxygen atoms in total. The molecule has 27 heavy (non-hydrogen) atoms. The second-order valence-electron chi connectivity index (χ2n) is 7.20. The van der Waals surface area contributed by atoms with Gasteiger partial charge in [-0.15, -0.1) is 5.10 Å². The molecule has 3 aromatic heterocycles. The minimum absolute atomic E-state index is 0.0434. The molecule has 0 saturated carbocycles. The minimum Gasteiger partial charge on any atom is -0.459 e. The fourth-order valence-corrected chi connectivity index (χ4v) is 4.12. The molecule has 0 N–H and O–H groups in total. The molecule has 0 radical (unpaired) electrons. The van der Waals surface area contributed by atoms with E-state index in [1.54, 1.807) is 12.1 Å². The van der Waals surface area contributed by atoms with Crippen LogP contribution in [-0.4, -0.2) is 56.6 Å². The summed E-state index contributed by atoms with van der Waals surface area (Å²) in [4.78, 5) is 26.0. The summed E-state index contributed by atoms with van der Waals surface area (Å²) in [6.07, 6.45) is 5.92. The predicted molar refractivity (Wildman–Crippen MR) is 99.0 cm³/mol. The molecule has 0 unspecified atom stereocenters. The van der Waals surface area contributed by atoms with Crippen molar-refractivity contribution in [2.24, 2.45) is 0 Å². The van der Waals surface area contributed by atoms with E-state index >= 15 is 0 Å². The lowest BCUT2D eigenvalue weighted by atomic mass is 9.96.